The van der Waals surface area contributed by atoms with E-state index in [-0.39, 0.29) is 21.8 Å². The predicted octanol–water partition coefficient (Wildman–Crippen LogP) is 3.28. The Labute approximate surface area is 111 Å². The Hall–Kier alpha value is -0.550. The lowest BCUT2D eigenvalue weighted by Gasteiger charge is -2.18. The third-order valence-electron chi connectivity index (χ3n) is 2.21. The summed E-state index contributed by atoms with van der Waals surface area (Å²) in [7, 11) is -3.32. The lowest BCUT2D eigenvalue weighted by Crippen LogP contribution is -2.20. The van der Waals surface area contributed by atoms with Crippen molar-refractivity contribution < 1.29 is 13.5 Å². The van der Waals surface area contributed by atoms with Crippen molar-refractivity contribution in [1.82, 2.24) is 0 Å². The van der Waals surface area contributed by atoms with Gasteiger partial charge in [0.1, 0.15) is 5.75 Å². The van der Waals surface area contributed by atoms with Crippen molar-refractivity contribution in [2.75, 3.05) is 5.75 Å². The Morgan fingerprint density at radius 1 is 1.29 bits per heavy atom. The largest absolute Gasteiger partial charge is 0.506 e. The van der Waals surface area contributed by atoms with Crippen LogP contribution in [0, 0.1) is 12.3 Å². The quantitative estimate of drug-likeness (QED) is 0.909. The van der Waals surface area contributed by atoms with Gasteiger partial charge in [-0.3, -0.25) is 0 Å². The Balaban J connectivity index is 3.26. The lowest BCUT2D eigenvalue weighted by molar-refractivity contribution is 0.460. The minimum atomic E-state index is -3.32. The molecule has 0 aliphatic rings. The molecule has 0 spiro atoms. The maximum absolute atomic E-state index is 12.2. The molecule has 0 saturated carbocycles. The van der Waals surface area contributed by atoms with E-state index in [0.29, 0.717) is 10.0 Å². The average molecular weight is 321 g/mol. The van der Waals surface area contributed by atoms with Gasteiger partial charge in [0.25, 0.3) is 0 Å². The Bertz CT molecular complexity index is 504. The Morgan fingerprint density at radius 3 is 2.24 bits per heavy atom. The van der Waals surface area contributed by atoms with Gasteiger partial charge in [-0.2, -0.15) is 0 Å². The predicted molar refractivity (Wildman–Crippen MR) is 72.1 cm³/mol. The first kappa shape index (κ1) is 14.5. The highest BCUT2D eigenvalue weighted by atomic mass is 79.9. The van der Waals surface area contributed by atoms with Crippen LogP contribution in [0.1, 0.15) is 26.3 Å². The summed E-state index contributed by atoms with van der Waals surface area (Å²) >= 11 is 3.15. The maximum atomic E-state index is 12.2. The topological polar surface area (TPSA) is 54.4 Å². The summed E-state index contributed by atoms with van der Waals surface area (Å²) in [6.45, 7) is 7.32. The van der Waals surface area contributed by atoms with Crippen LogP contribution in [0.2, 0.25) is 0 Å². The van der Waals surface area contributed by atoms with Crippen LogP contribution >= 0.6 is 15.9 Å². The number of benzene rings is 1. The van der Waals surface area contributed by atoms with Crippen LogP contribution in [0.5, 0.6) is 5.75 Å². The zero-order valence-electron chi connectivity index (χ0n) is 10.4. The van der Waals surface area contributed by atoms with E-state index < -0.39 is 9.84 Å². The molecule has 0 saturated heterocycles. The molecule has 3 nitrogen and oxygen atoms in total. The molecule has 17 heavy (non-hydrogen) atoms. The summed E-state index contributed by atoms with van der Waals surface area (Å²) in [5.41, 5.74) is 0.253. The molecule has 0 aliphatic heterocycles. The Kier molecular flexibility index (Phi) is 3.94. The summed E-state index contributed by atoms with van der Waals surface area (Å²) in [4.78, 5) is 0.245. The van der Waals surface area contributed by atoms with Crippen LogP contribution in [0.3, 0.4) is 0 Å². The molecule has 0 radical (unpaired) electrons. The number of aryl methyl sites for hydroxylation is 1. The molecule has 1 N–H and O–H groups in total. The van der Waals surface area contributed by atoms with Crippen molar-refractivity contribution in [2.24, 2.45) is 5.41 Å². The van der Waals surface area contributed by atoms with Gasteiger partial charge in [0.15, 0.2) is 9.84 Å². The summed E-state index contributed by atoms with van der Waals surface area (Å²) < 4.78 is 24.7. The van der Waals surface area contributed by atoms with Gasteiger partial charge >= 0.3 is 0 Å². The van der Waals surface area contributed by atoms with Crippen molar-refractivity contribution in [3.05, 3.63) is 22.2 Å². The van der Waals surface area contributed by atoms with Crippen LogP contribution < -0.4 is 0 Å². The molecule has 1 aromatic carbocycles. The molecular weight excluding hydrogens is 304 g/mol. The van der Waals surface area contributed by atoms with Gasteiger partial charge in [-0.25, -0.2) is 8.42 Å². The van der Waals surface area contributed by atoms with Crippen molar-refractivity contribution in [3.63, 3.8) is 0 Å². The van der Waals surface area contributed by atoms with E-state index >= 15 is 0 Å². The number of sulfone groups is 1. The highest BCUT2D eigenvalue weighted by Crippen LogP contribution is 2.32. The molecule has 1 aromatic rings. The normalized spacial score (nSPS) is 12.8. The molecule has 0 amide bonds. The number of phenols is 1. The molecule has 0 bridgehead atoms. The summed E-state index contributed by atoms with van der Waals surface area (Å²) in [5.74, 6) is 0.163. The second-order valence-electron chi connectivity index (χ2n) is 5.39. The van der Waals surface area contributed by atoms with Gasteiger partial charge in [0.2, 0.25) is 0 Å². The second kappa shape index (κ2) is 4.61. The first-order valence-electron chi connectivity index (χ1n) is 5.25. The maximum Gasteiger partial charge on any atom is 0.178 e. The van der Waals surface area contributed by atoms with E-state index in [0.717, 1.165) is 0 Å². The molecule has 0 heterocycles. The zero-order valence-corrected chi connectivity index (χ0v) is 12.8. The van der Waals surface area contributed by atoms with Crippen LogP contribution in [-0.2, 0) is 9.84 Å². The van der Waals surface area contributed by atoms with Gasteiger partial charge in [0.05, 0.1) is 15.1 Å². The first-order valence-corrected chi connectivity index (χ1v) is 7.69. The lowest BCUT2D eigenvalue weighted by atomic mass is 10.0. The molecular formula is C12H17BrO3S. The Morgan fingerprint density at radius 2 is 1.82 bits per heavy atom. The van der Waals surface area contributed by atoms with E-state index in [4.69, 9.17) is 0 Å². The number of rotatable bonds is 2. The number of hydrogen-bond donors (Lipinski definition) is 1. The fraction of sp³-hybridized carbons (Fsp3) is 0.500. The molecule has 96 valence electrons. The monoisotopic (exact) mass is 320 g/mol. The van der Waals surface area contributed by atoms with Gasteiger partial charge in [-0.1, -0.05) is 20.8 Å². The first-order chi connectivity index (χ1) is 7.53. The summed E-state index contributed by atoms with van der Waals surface area (Å²) in [6.07, 6.45) is 0. The number of aromatic hydroxyl groups is 1. The summed E-state index contributed by atoms with van der Waals surface area (Å²) in [5, 5.41) is 9.59. The van der Waals surface area contributed by atoms with Crippen LogP contribution in [0.15, 0.2) is 21.5 Å². The van der Waals surface area contributed by atoms with E-state index in [1.54, 1.807) is 6.92 Å². The third-order valence-corrected chi connectivity index (χ3v) is 5.01. The van der Waals surface area contributed by atoms with Crippen LogP contribution in [0.25, 0.3) is 0 Å². The SMILES string of the molecule is Cc1cc(S(=O)(=O)CC(C)(C)C)cc(Br)c1O. The van der Waals surface area contributed by atoms with Gasteiger partial charge in [-0.05, 0) is 46.0 Å². The van der Waals surface area contributed by atoms with Crippen molar-refractivity contribution in [1.29, 1.82) is 0 Å². The molecule has 0 unspecified atom stereocenters. The minimum Gasteiger partial charge on any atom is -0.506 e. The zero-order chi connectivity index (χ0) is 13.4. The highest BCUT2D eigenvalue weighted by Gasteiger charge is 2.24. The van der Waals surface area contributed by atoms with Gasteiger partial charge < -0.3 is 5.11 Å². The van der Waals surface area contributed by atoms with Crippen LogP contribution in [0.4, 0.5) is 0 Å². The smallest absolute Gasteiger partial charge is 0.178 e. The van der Waals surface area contributed by atoms with E-state index in [9.17, 15) is 13.5 Å². The third kappa shape index (κ3) is 3.71. The molecule has 0 fully saturated rings. The number of hydrogen-bond acceptors (Lipinski definition) is 3. The minimum absolute atomic E-state index is 0.0800. The van der Waals surface area contributed by atoms with Crippen molar-refractivity contribution in [2.45, 2.75) is 32.6 Å². The number of halogens is 1. The van der Waals surface area contributed by atoms with E-state index in [1.165, 1.54) is 12.1 Å². The molecule has 5 heteroatoms. The fourth-order valence-corrected chi connectivity index (χ4v) is 4.21. The average Bonchev–Trinajstić information content (AvgIpc) is 2.09. The van der Waals surface area contributed by atoms with Gasteiger partial charge in [-0.15, -0.1) is 0 Å². The number of phenolic OH excluding ortho intramolecular Hbond substituents is 1. The highest BCUT2D eigenvalue weighted by molar-refractivity contribution is 9.10. The van der Waals surface area contributed by atoms with E-state index in [2.05, 4.69) is 15.9 Å². The van der Waals surface area contributed by atoms with Gasteiger partial charge in [0, 0.05) is 0 Å². The van der Waals surface area contributed by atoms with Crippen molar-refractivity contribution in [3.8, 4) is 5.75 Å². The van der Waals surface area contributed by atoms with Crippen molar-refractivity contribution >= 4 is 25.8 Å². The second-order valence-corrected chi connectivity index (χ2v) is 8.23. The fourth-order valence-electron chi connectivity index (χ4n) is 1.54. The molecule has 0 aliphatic carbocycles. The molecule has 0 aromatic heterocycles. The summed E-state index contributed by atoms with van der Waals surface area (Å²) in [6, 6.07) is 2.95. The molecule has 0 atom stereocenters. The van der Waals surface area contributed by atoms with E-state index in [1.807, 2.05) is 20.8 Å². The molecule has 1 rings (SSSR count). The standard InChI is InChI=1S/C12H17BrO3S/c1-8-5-9(6-10(13)11(8)14)17(15,16)7-12(2,3)4/h5-6,14H,7H2,1-4H3. The van der Waals surface area contributed by atoms with Crippen LogP contribution in [-0.4, -0.2) is 19.3 Å².